The van der Waals surface area contributed by atoms with E-state index in [1.165, 1.54) is 0 Å². The molecule has 0 spiro atoms. The van der Waals surface area contributed by atoms with Crippen molar-refractivity contribution >= 4 is 11.9 Å². The molecular weight excluding hydrogens is 324 g/mol. The van der Waals surface area contributed by atoms with E-state index in [0.29, 0.717) is 26.4 Å². The molecule has 2 aliphatic rings. The van der Waals surface area contributed by atoms with Gasteiger partial charge in [0.1, 0.15) is 31.5 Å². The number of hydrogen-bond donors (Lipinski definition) is 3. The average Bonchev–Trinajstić information content (AvgIpc) is 3.51. The van der Waals surface area contributed by atoms with Gasteiger partial charge in [0.25, 0.3) is 0 Å². The van der Waals surface area contributed by atoms with Gasteiger partial charge in [-0.15, -0.1) is 0 Å². The Kier molecular flexibility index (Phi) is 12.6. The van der Waals surface area contributed by atoms with Crippen LogP contribution in [0.1, 0.15) is 0 Å². The van der Waals surface area contributed by atoms with Crippen LogP contribution in [-0.4, -0.2) is 85.2 Å². The third-order valence-corrected chi connectivity index (χ3v) is 2.38. The zero-order chi connectivity index (χ0) is 18.4. The maximum absolute atomic E-state index is 10.3. The molecular formula is C15H24O9. The van der Waals surface area contributed by atoms with Crippen LogP contribution in [0, 0.1) is 0 Å². The molecule has 0 radical (unpaired) electrons. The van der Waals surface area contributed by atoms with E-state index in [4.69, 9.17) is 24.8 Å². The van der Waals surface area contributed by atoms with E-state index < -0.39 is 6.10 Å². The lowest BCUT2D eigenvalue weighted by Crippen LogP contribution is -2.15. The molecule has 2 rings (SSSR count). The molecule has 2 fully saturated rings. The predicted octanol–water partition coefficient (Wildman–Crippen LogP) is -1.44. The van der Waals surface area contributed by atoms with Crippen molar-refractivity contribution in [1.82, 2.24) is 0 Å². The van der Waals surface area contributed by atoms with Crippen molar-refractivity contribution in [1.29, 1.82) is 0 Å². The molecule has 0 aromatic rings. The Balaban J connectivity index is 0.000000340. The van der Waals surface area contributed by atoms with Crippen LogP contribution >= 0.6 is 0 Å². The fourth-order valence-electron chi connectivity index (χ4n) is 0.854. The van der Waals surface area contributed by atoms with Crippen LogP contribution in [0.5, 0.6) is 0 Å². The van der Waals surface area contributed by atoms with Gasteiger partial charge in [0.05, 0.1) is 26.4 Å². The van der Waals surface area contributed by atoms with Gasteiger partial charge in [-0.2, -0.15) is 0 Å². The number of aliphatic hydroxyl groups is 3. The molecule has 0 aromatic carbocycles. The summed E-state index contributed by atoms with van der Waals surface area (Å²) in [5.41, 5.74) is 0. The quantitative estimate of drug-likeness (QED) is 0.273. The van der Waals surface area contributed by atoms with Crippen LogP contribution in [0.4, 0.5) is 0 Å². The Morgan fingerprint density at radius 3 is 1.50 bits per heavy atom. The summed E-state index contributed by atoms with van der Waals surface area (Å²) in [6.07, 6.45) is 1.62. The lowest BCUT2D eigenvalue weighted by Gasteiger charge is -1.96. The van der Waals surface area contributed by atoms with E-state index >= 15 is 0 Å². The summed E-state index contributed by atoms with van der Waals surface area (Å²) in [5, 5.41) is 24.0. The number of ether oxygens (including phenoxy) is 4. The molecule has 0 bridgehead atoms. The monoisotopic (exact) mass is 348 g/mol. The van der Waals surface area contributed by atoms with Gasteiger partial charge in [-0.05, 0) is 0 Å². The Bertz CT molecular complexity index is 352. The van der Waals surface area contributed by atoms with Gasteiger partial charge in [-0.3, -0.25) is 0 Å². The Morgan fingerprint density at radius 2 is 1.33 bits per heavy atom. The maximum atomic E-state index is 10.3. The van der Waals surface area contributed by atoms with Crippen LogP contribution in [0.15, 0.2) is 25.3 Å². The number of carbonyl (C=O) groups excluding carboxylic acids is 2. The highest BCUT2D eigenvalue weighted by atomic mass is 16.6. The van der Waals surface area contributed by atoms with Crippen molar-refractivity contribution in [3.8, 4) is 0 Å². The average molecular weight is 348 g/mol. The molecule has 2 unspecified atom stereocenters. The Morgan fingerprint density at radius 1 is 1.00 bits per heavy atom. The molecule has 2 atom stereocenters. The zero-order valence-electron chi connectivity index (χ0n) is 13.3. The molecule has 9 nitrogen and oxygen atoms in total. The van der Waals surface area contributed by atoms with Gasteiger partial charge in [-0.25, -0.2) is 9.59 Å². The largest absolute Gasteiger partial charge is 0.460 e. The van der Waals surface area contributed by atoms with Gasteiger partial charge in [0.2, 0.25) is 0 Å². The van der Waals surface area contributed by atoms with E-state index in [0.717, 1.165) is 12.2 Å². The van der Waals surface area contributed by atoms with Crippen molar-refractivity contribution in [2.24, 2.45) is 0 Å². The first-order valence-electron chi connectivity index (χ1n) is 7.18. The van der Waals surface area contributed by atoms with Gasteiger partial charge < -0.3 is 34.3 Å². The summed E-state index contributed by atoms with van der Waals surface area (Å²) < 4.78 is 18.8. The summed E-state index contributed by atoms with van der Waals surface area (Å²) in [7, 11) is 0. The van der Waals surface area contributed by atoms with Crippen LogP contribution in [0.3, 0.4) is 0 Å². The summed E-state index contributed by atoms with van der Waals surface area (Å²) in [6.45, 7) is 7.92. The normalized spacial score (nSPS) is 19.7. The number of epoxide rings is 2. The summed E-state index contributed by atoms with van der Waals surface area (Å²) >= 11 is 0. The summed E-state index contributed by atoms with van der Waals surface area (Å²) in [5.74, 6) is -0.768. The van der Waals surface area contributed by atoms with Crippen molar-refractivity contribution in [2.45, 2.75) is 18.3 Å². The van der Waals surface area contributed by atoms with E-state index in [1.54, 1.807) is 0 Å². The third kappa shape index (κ3) is 15.1. The standard InChI is InChI=1S/2C6H8O3.C3H8O3/c2*1-2-6(7)9-4-5-3-8-5;4-1-3(6)2-5/h2*2,5H,1,3-4H2;3-6H,1-2H2. The van der Waals surface area contributed by atoms with Crippen molar-refractivity contribution < 1.29 is 43.9 Å². The van der Waals surface area contributed by atoms with Crippen LogP contribution in [0.25, 0.3) is 0 Å². The zero-order valence-corrected chi connectivity index (χ0v) is 13.3. The molecule has 0 amide bonds. The van der Waals surface area contributed by atoms with Crippen molar-refractivity contribution in [2.75, 3.05) is 39.6 Å². The molecule has 3 N–H and O–H groups in total. The molecule has 0 aromatic heterocycles. The molecule has 138 valence electrons. The first-order chi connectivity index (χ1) is 11.5. The van der Waals surface area contributed by atoms with Crippen LogP contribution < -0.4 is 0 Å². The predicted molar refractivity (Wildman–Crippen MR) is 82.0 cm³/mol. The highest BCUT2D eigenvalue weighted by Crippen LogP contribution is 2.08. The first kappa shape index (κ1) is 22.2. The van der Waals surface area contributed by atoms with Crippen LogP contribution in [0.2, 0.25) is 0 Å². The SMILES string of the molecule is C=CC(=O)OCC1CO1.C=CC(=O)OCC1CO1.OCC(O)CO. The van der Waals surface area contributed by atoms with Crippen LogP contribution in [-0.2, 0) is 28.5 Å². The molecule has 0 aliphatic carbocycles. The lowest BCUT2D eigenvalue weighted by atomic mass is 10.4. The van der Waals surface area contributed by atoms with Gasteiger partial charge in [0.15, 0.2) is 0 Å². The minimum atomic E-state index is -0.954. The number of rotatable bonds is 8. The maximum Gasteiger partial charge on any atom is 0.330 e. The van der Waals surface area contributed by atoms with E-state index in [9.17, 15) is 9.59 Å². The second-order valence-electron chi connectivity index (χ2n) is 4.60. The topological polar surface area (TPSA) is 138 Å². The van der Waals surface area contributed by atoms with Crippen molar-refractivity contribution in [3.05, 3.63) is 25.3 Å². The number of esters is 2. The lowest BCUT2D eigenvalue weighted by molar-refractivity contribution is -0.139. The highest BCUT2D eigenvalue weighted by Gasteiger charge is 2.24. The molecule has 2 heterocycles. The first-order valence-corrected chi connectivity index (χ1v) is 7.18. The van der Waals surface area contributed by atoms with Gasteiger partial charge >= 0.3 is 11.9 Å². The molecule has 9 heteroatoms. The minimum absolute atomic E-state index is 0.147. The Labute approximate surface area is 140 Å². The molecule has 0 saturated carbocycles. The smallest absolute Gasteiger partial charge is 0.330 e. The van der Waals surface area contributed by atoms with E-state index in [-0.39, 0.29) is 37.4 Å². The second kappa shape index (κ2) is 13.6. The van der Waals surface area contributed by atoms with E-state index in [2.05, 4.69) is 22.6 Å². The summed E-state index contributed by atoms with van der Waals surface area (Å²) in [6, 6.07) is 0. The third-order valence-electron chi connectivity index (χ3n) is 2.38. The molecule has 24 heavy (non-hydrogen) atoms. The number of aliphatic hydroxyl groups excluding tert-OH is 3. The van der Waals surface area contributed by atoms with Crippen molar-refractivity contribution in [3.63, 3.8) is 0 Å². The fourth-order valence-corrected chi connectivity index (χ4v) is 0.854. The molecule has 2 saturated heterocycles. The fraction of sp³-hybridized carbons (Fsp3) is 0.600. The Hall–Kier alpha value is -1.78. The number of hydrogen-bond acceptors (Lipinski definition) is 9. The second-order valence-corrected chi connectivity index (χ2v) is 4.60. The van der Waals surface area contributed by atoms with E-state index in [1.807, 2.05) is 0 Å². The van der Waals surface area contributed by atoms with Gasteiger partial charge in [0, 0.05) is 12.2 Å². The minimum Gasteiger partial charge on any atom is -0.460 e. The summed E-state index contributed by atoms with van der Waals surface area (Å²) in [4.78, 5) is 20.7. The number of carbonyl (C=O) groups is 2. The van der Waals surface area contributed by atoms with Gasteiger partial charge in [-0.1, -0.05) is 13.2 Å². The highest BCUT2D eigenvalue weighted by molar-refractivity contribution is 5.81. The molecule has 2 aliphatic heterocycles.